The lowest BCUT2D eigenvalue weighted by Crippen LogP contribution is -2.40. The number of hydrogen-bond acceptors (Lipinski definition) is 3. The van der Waals surface area contributed by atoms with Crippen LogP contribution in [-0.2, 0) is 4.74 Å². The van der Waals surface area contributed by atoms with Crippen molar-refractivity contribution < 1.29 is 4.74 Å². The molecule has 1 aliphatic carbocycles. The Bertz CT molecular complexity index is 192. The van der Waals surface area contributed by atoms with Crippen LogP contribution in [0.4, 0.5) is 0 Å². The molecule has 1 heterocycles. The minimum absolute atomic E-state index is 0.496. The maximum absolute atomic E-state index is 5.71. The third-order valence-electron chi connectivity index (χ3n) is 3.53. The largest absolute Gasteiger partial charge is 0.377 e. The van der Waals surface area contributed by atoms with Gasteiger partial charge in [0.25, 0.3) is 0 Å². The van der Waals surface area contributed by atoms with Crippen LogP contribution in [0.15, 0.2) is 0 Å². The molecule has 1 N–H and O–H groups in total. The fourth-order valence-corrected chi connectivity index (χ4v) is 2.48. The predicted molar refractivity (Wildman–Crippen MR) is 66.7 cm³/mol. The molecule has 1 unspecified atom stereocenters. The van der Waals surface area contributed by atoms with Crippen LogP contribution in [0.25, 0.3) is 0 Å². The molecule has 0 spiro atoms. The van der Waals surface area contributed by atoms with Gasteiger partial charge in [0.1, 0.15) is 0 Å². The molecule has 3 heteroatoms. The van der Waals surface area contributed by atoms with Crippen molar-refractivity contribution in [1.29, 1.82) is 0 Å². The van der Waals surface area contributed by atoms with Crippen LogP contribution >= 0.6 is 0 Å². The van der Waals surface area contributed by atoms with E-state index in [9.17, 15) is 0 Å². The molecular formula is C13H26N2O. The summed E-state index contributed by atoms with van der Waals surface area (Å²) in [4.78, 5) is 2.57. The van der Waals surface area contributed by atoms with Gasteiger partial charge in [-0.25, -0.2) is 0 Å². The topological polar surface area (TPSA) is 24.5 Å². The van der Waals surface area contributed by atoms with E-state index in [0.717, 1.165) is 19.2 Å². The molecule has 0 radical (unpaired) electrons. The summed E-state index contributed by atoms with van der Waals surface area (Å²) in [6, 6.07) is 0.859. The Morgan fingerprint density at radius 1 is 1.31 bits per heavy atom. The number of ether oxygens (including phenoxy) is 1. The molecule has 0 amide bonds. The SMILES string of the molecule is CCOC1CCCN(CCCNC2CC2)C1. The van der Waals surface area contributed by atoms with E-state index in [1.54, 1.807) is 0 Å². The average molecular weight is 226 g/mol. The van der Waals surface area contributed by atoms with Gasteiger partial charge in [-0.2, -0.15) is 0 Å². The lowest BCUT2D eigenvalue weighted by molar-refractivity contribution is 0.00577. The summed E-state index contributed by atoms with van der Waals surface area (Å²) in [7, 11) is 0. The summed E-state index contributed by atoms with van der Waals surface area (Å²) in [6.45, 7) is 7.81. The van der Waals surface area contributed by atoms with E-state index in [1.165, 1.54) is 51.7 Å². The second-order valence-electron chi connectivity index (χ2n) is 5.10. The zero-order valence-corrected chi connectivity index (χ0v) is 10.6. The van der Waals surface area contributed by atoms with Gasteiger partial charge >= 0.3 is 0 Å². The van der Waals surface area contributed by atoms with E-state index >= 15 is 0 Å². The Balaban J connectivity index is 1.53. The minimum Gasteiger partial charge on any atom is -0.377 e. The number of nitrogens with one attached hydrogen (secondary N) is 1. The third-order valence-corrected chi connectivity index (χ3v) is 3.53. The van der Waals surface area contributed by atoms with E-state index in [1.807, 2.05) is 0 Å². The summed E-state index contributed by atoms with van der Waals surface area (Å²) in [5.41, 5.74) is 0. The highest BCUT2D eigenvalue weighted by Crippen LogP contribution is 2.18. The van der Waals surface area contributed by atoms with Gasteiger partial charge in [-0.05, 0) is 58.7 Å². The molecule has 2 fully saturated rings. The molecular weight excluding hydrogens is 200 g/mol. The van der Waals surface area contributed by atoms with E-state index in [4.69, 9.17) is 4.74 Å². The summed E-state index contributed by atoms with van der Waals surface area (Å²) in [5, 5.41) is 3.57. The van der Waals surface area contributed by atoms with Crippen LogP contribution in [0.1, 0.15) is 39.0 Å². The van der Waals surface area contributed by atoms with Crippen molar-refractivity contribution in [2.45, 2.75) is 51.2 Å². The molecule has 1 saturated carbocycles. The molecule has 0 aromatic rings. The van der Waals surface area contributed by atoms with Crippen LogP contribution < -0.4 is 5.32 Å². The Hall–Kier alpha value is -0.120. The van der Waals surface area contributed by atoms with Gasteiger partial charge in [0, 0.05) is 19.2 Å². The molecule has 0 aromatic carbocycles. The number of hydrogen-bond donors (Lipinski definition) is 1. The average Bonchev–Trinajstić information content (AvgIpc) is 3.09. The van der Waals surface area contributed by atoms with Crippen molar-refractivity contribution in [3.8, 4) is 0 Å². The summed E-state index contributed by atoms with van der Waals surface area (Å²) >= 11 is 0. The normalized spacial score (nSPS) is 27.2. The molecule has 2 aliphatic rings. The van der Waals surface area contributed by atoms with Gasteiger partial charge in [0.2, 0.25) is 0 Å². The zero-order valence-electron chi connectivity index (χ0n) is 10.6. The second-order valence-corrected chi connectivity index (χ2v) is 5.10. The first kappa shape index (κ1) is 12.3. The van der Waals surface area contributed by atoms with Crippen molar-refractivity contribution in [3.63, 3.8) is 0 Å². The number of rotatable bonds is 7. The van der Waals surface area contributed by atoms with Crippen molar-refractivity contribution in [2.75, 3.05) is 32.8 Å². The van der Waals surface area contributed by atoms with Gasteiger partial charge in [0.15, 0.2) is 0 Å². The van der Waals surface area contributed by atoms with Crippen molar-refractivity contribution in [3.05, 3.63) is 0 Å². The van der Waals surface area contributed by atoms with Crippen LogP contribution in [-0.4, -0.2) is 49.8 Å². The Labute approximate surface area is 99.5 Å². The third kappa shape index (κ3) is 4.40. The Morgan fingerprint density at radius 3 is 2.94 bits per heavy atom. The molecule has 3 nitrogen and oxygen atoms in total. The standard InChI is InChI=1S/C13H26N2O/c1-2-16-13-5-3-9-15(11-13)10-4-8-14-12-6-7-12/h12-14H,2-11H2,1H3. The van der Waals surface area contributed by atoms with Gasteiger partial charge in [0.05, 0.1) is 6.10 Å². The Kier molecular flexibility index (Phi) is 5.07. The van der Waals surface area contributed by atoms with Crippen molar-refractivity contribution in [1.82, 2.24) is 10.2 Å². The highest BCUT2D eigenvalue weighted by Gasteiger charge is 2.21. The van der Waals surface area contributed by atoms with E-state index in [2.05, 4.69) is 17.1 Å². The smallest absolute Gasteiger partial charge is 0.0702 e. The quantitative estimate of drug-likeness (QED) is 0.668. The second kappa shape index (κ2) is 6.58. The summed E-state index contributed by atoms with van der Waals surface area (Å²) in [5.74, 6) is 0. The first-order chi connectivity index (χ1) is 7.88. The maximum Gasteiger partial charge on any atom is 0.0702 e. The molecule has 1 saturated heterocycles. The fraction of sp³-hybridized carbons (Fsp3) is 1.00. The van der Waals surface area contributed by atoms with E-state index < -0.39 is 0 Å². The van der Waals surface area contributed by atoms with Gasteiger partial charge < -0.3 is 15.0 Å². The molecule has 16 heavy (non-hydrogen) atoms. The van der Waals surface area contributed by atoms with Crippen LogP contribution in [0, 0.1) is 0 Å². The molecule has 94 valence electrons. The van der Waals surface area contributed by atoms with E-state index in [0.29, 0.717) is 6.10 Å². The predicted octanol–water partition coefficient (Wildman–Crippen LogP) is 1.63. The van der Waals surface area contributed by atoms with Crippen LogP contribution in [0.5, 0.6) is 0 Å². The monoisotopic (exact) mass is 226 g/mol. The number of nitrogens with zero attached hydrogens (tertiary/aromatic N) is 1. The first-order valence-corrected chi connectivity index (χ1v) is 6.96. The highest BCUT2D eigenvalue weighted by atomic mass is 16.5. The number of piperidine rings is 1. The van der Waals surface area contributed by atoms with Gasteiger partial charge in [-0.15, -0.1) is 0 Å². The maximum atomic E-state index is 5.71. The fourth-order valence-electron chi connectivity index (χ4n) is 2.48. The highest BCUT2D eigenvalue weighted by molar-refractivity contribution is 4.81. The van der Waals surface area contributed by atoms with Crippen molar-refractivity contribution >= 4 is 0 Å². The minimum atomic E-state index is 0.496. The lowest BCUT2D eigenvalue weighted by atomic mass is 10.1. The summed E-state index contributed by atoms with van der Waals surface area (Å²) < 4.78 is 5.71. The van der Waals surface area contributed by atoms with Gasteiger partial charge in [-0.3, -0.25) is 0 Å². The van der Waals surface area contributed by atoms with E-state index in [-0.39, 0.29) is 0 Å². The molecule has 1 aliphatic heterocycles. The lowest BCUT2D eigenvalue weighted by Gasteiger charge is -2.32. The summed E-state index contributed by atoms with van der Waals surface area (Å²) in [6.07, 6.45) is 7.14. The van der Waals surface area contributed by atoms with Crippen LogP contribution in [0.3, 0.4) is 0 Å². The number of likely N-dealkylation sites (tertiary alicyclic amines) is 1. The van der Waals surface area contributed by atoms with Gasteiger partial charge in [-0.1, -0.05) is 0 Å². The zero-order chi connectivity index (χ0) is 11.2. The molecule has 1 atom stereocenters. The Morgan fingerprint density at radius 2 is 2.19 bits per heavy atom. The van der Waals surface area contributed by atoms with Crippen LogP contribution in [0.2, 0.25) is 0 Å². The molecule has 2 rings (SSSR count). The molecule has 0 bridgehead atoms. The first-order valence-electron chi connectivity index (χ1n) is 6.96. The molecule has 0 aromatic heterocycles. The van der Waals surface area contributed by atoms with Crippen molar-refractivity contribution in [2.24, 2.45) is 0 Å².